The van der Waals surface area contributed by atoms with Gasteiger partial charge in [-0.3, -0.25) is 13.9 Å². The molecule has 1 aliphatic heterocycles. The molecule has 0 radical (unpaired) electrons. The molecule has 0 saturated carbocycles. The van der Waals surface area contributed by atoms with Crippen LogP contribution in [0.25, 0.3) is 11.0 Å². The minimum atomic E-state index is -3.32. The highest BCUT2D eigenvalue weighted by Gasteiger charge is 2.35. The van der Waals surface area contributed by atoms with Crippen molar-refractivity contribution in [3.63, 3.8) is 0 Å². The number of carboxylic acids is 1. The Morgan fingerprint density at radius 1 is 1.12 bits per heavy atom. The molecule has 3 N–H and O–H groups in total. The van der Waals surface area contributed by atoms with Crippen LogP contribution in [0.4, 0.5) is 0 Å². The Kier molecular flexibility index (Phi) is 7.87. The van der Waals surface area contributed by atoms with Crippen LogP contribution in [0.15, 0.2) is 59.5 Å². The second-order valence-electron chi connectivity index (χ2n) is 10.3. The number of benzene rings is 3. The fourth-order valence-corrected chi connectivity index (χ4v) is 7.09. The van der Waals surface area contributed by atoms with Crippen molar-refractivity contribution >= 4 is 27.8 Å². The first-order valence-electron chi connectivity index (χ1n) is 13.6. The Hall–Kier alpha value is -3.44. The molecule has 0 spiro atoms. The SMILES string of the molecule is CC[C@@H]1CN(Cc2cc(C(CC(=O)O)c3ccc4c(nnn4CC)c3C)ccc2C)S(O)(O)c2ccccc2O1. The predicted molar refractivity (Wildman–Crippen MR) is 156 cm³/mol. The summed E-state index contributed by atoms with van der Waals surface area (Å²) in [6.45, 7) is 9.29. The van der Waals surface area contributed by atoms with E-state index in [1.165, 1.54) is 0 Å². The zero-order valence-electron chi connectivity index (χ0n) is 23.2. The van der Waals surface area contributed by atoms with E-state index in [1.807, 2.05) is 68.8 Å². The number of fused-ring (bicyclic) bond motifs is 2. The van der Waals surface area contributed by atoms with Gasteiger partial charge >= 0.3 is 5.97 Å². The Morgan fingerprint density at radius 3 is 2.62 bits per heavy atom. The molecule has 1 unspecified atom stereocenters. The topological polar surface area (TPSA) is 121 Å². The summed E-state index contributed by atoms with van der Waals surface area (Å²) in [6.07, 6.45) is 0.420. The number of carbonyl (C=O) groups is 1. The molecule has 4 aromatic rings. The number of ether oxygens (including phenoxy) is 1. The van der Waals surface area contributed by atoms with E-state index < -0.39 is 22.7 Å². The maximum absolute atomic E-state index is 12.0. The third kappa shape index (κ3) is 5.19. The molecule has 10 heteroatoms. The van der Waals surface area contributed by atoms with Crippen LogP contribution < -0.4 is 4.74 Å². The zero-order valence-corrected chi connectivity index (χ0v) is 24.1. The average molecular weight is 565 g/mol. The third-order valence-electron chi connectivity index (χ3n) is 7.82. The minimum absolute atomic E-state index is 0.0885. The molecule has 2 atom stereocenters. The van der Waals surface area contributed by atoms with Gasteiger partial charge in [0.05, 0.1) is 18.5 Å². The maximum Gasteiger partial charge on any atom is 0.304 e. The Bertz CT molecular complexity index is 1550. The van der Waals surface area contributed by atoms with Gasteiger partial charge < -0.3 is 9.84 Å². The van der Waals surface area contributed by atoms with Crippen LogP contribution in [0.1, 0.15) is 60.4 Å². The smallest absolute Gasteiger partial charge is 0.304 e. The predicted octanol–water partition coefficient (Wildman–Crippen LogP) is 6.37. The maximum atomic E-state index is 12.0. The van der Waals surface area contributed by atoms with Gasteiger partial charge in [-0.05, 0) is 73.2 Å². The first-order chi connectivity index (χ1) is 19.1. The van der Waals surface area contributed by atoms with Crippen molar-refractivity contribution in [2.75, 3.05) is 6.54 Å². The van der Waals surface area contributed by atoms with E-state index >= 15 is 0 Å². The number of aryl methyl sites for hydroxylation is 3. The molecule has 9 nitrogen and oxygen atoms in total. The largest absolute Gasteiger partial charge is 0.487 e. The lowest BCUT2D eigenvalue weighted by Crippen LogP contribution is -2.34. The lowest BCUT2D eigenvalue weighted by Gasteiger charge is -2.42. The third-order valence-corrected chi connectivity index (χ3v) is 9.74. The summed E-state index contributed by atoms with van der Waals surface area (Å²) in [4.78, 5) is 12.4. The van der Waals surface area contributed by atoms with Crippen LogP contribution in [0.2, 0.25) is 0 Å². The molecular weight excluding hydrogens is 528 g/mol. The van der Waals surface area contributed by atoms with Gasteiger partial charge in [0, 0.05) is 19.0 Å². The summed E-state index contributed by atoms with van der Waals surface area (Å²) in [5.41, 5.74) is 6.22. The van der Waals surface area contributed by atoms with E-state index in [9.17, 15) is 19.0 Å². The first kappa shape index (κ1) is 28.1. The quantitative estimate of drug-likeness (QED) is 0.226. The van der Waals surface area contributed by atoms with Gasteiger partial charge in [0.15, 0.2) is 0 Å². The summed E-state index contributed by atoms with van der Waals surface area (Å²) in [7, 11) is -3.32. The van der Waals surface area contributed by atoms with Gasteiger partial charge in [-0.1, -0.05) is 48.5 Å². The second-order valence-corrected chi connectivity index (χ2v) is 12.3. The molecule has 5 rings (SSSR count). The molecule has 1 aliphatic rings. The summed E-state index contributed by atoms with van der Waals surface area (Å²) in [5.74, 6) is -0.815. The standard InChI is InChI=1S/C30H36N4O5S/c1-5-23-18-33(40(37,38)28-10-8-7-9-27(28)39-23)17-22-15-21(12-11-19(22)3)25(16-29(35)36)24-13-14-26-30(20(24)4)31-32-34(26)6-2/h7-15,23,25,37-38H,5-6,16-18H2,1-4H3,(H,35,36)/t23-,25?/m1/s1. The van der Waals surface area contributed by atoms with Crippen molar-refractivity contribution in [3.05, 3.63) is 82.4 Å². The monoisotopic (exact) mass is 564 g/mol. The summed E-state index contributed by atoms with van der Waals surface area (Å²) >= 11 is 0. The fraction of sp³-hybridized carbons (Fsp3) is 0.367. The number of para-hydroxylation sites is 1. The number of rotatable bonds is 8. The van der Waals surface area contributed by atoms with Crippen molar-refractivity contribution in [2.45, 2.75) is 70.5 Å². The molecule has 0 bridgehead atoms. The number of nitrogens with zero attached hydrogens (tertiary/aromatic N) is 4. The van der Waals surface area contributed by atoms with Crippen molar-refractivity contribution < 1.29 is 23.7 Å². The Labute approximate surface area is 235 Å². The van der Waals surface area contributed by atoms with Crippen molar-refractivity contribution in [1.29, 1.82) is 0 Å². The molecular formula is C30H36N4O5S. The van der Waals surface area contributed by atoms with Crippen LogP contribution in [0.3, 0.4) is 0 Å². The van der Waals surface area contributed by atoms with Crippen LogP contribution in [0.5, 0.6) is 5.75 Å². The van der Waals surface area contributed by atoms with Gasteiger partial charge in [-0.2, -0.15) is 4.31 Å². The van der Waals surface area contributed by atoms with Gasteiger partial charge in [-0.25, -0.2) is 4.68 Å². The first-order valence-corrected chi connectivity index (χ1v) is 15.1. The summed E-state index contributed by atoms with van der Waals surface area (Å²) < 4.78 is 32.6. The van der Waals surface area contributed by atoms with E-state index in [1.54, 1.807) is 22.5 Å². The normalized spacial score (nSPS) is 18.5. The number of aromatic nitrogens is 3. The highest BCUT2D eigenvalue weighted by molar-refractivity contribution is 8.22. The number of hydrogen-bond acceptors (Lipinski definition) is 7. The molecule has 2 heterocycles. The fourth-order valence-electron chi connectivity index (χ4n) is 5.47. The zero-order chi connectivity index (χ0) is 28.6. The van der Waals surface area contributed by atoms with Crippen LogP contribution in [0, 0.1) is 13.8 Å². The molecule has 0 saturated heterocycles. The Morgan fingerprint density at radius 2 is 1.90 bits per heavy atom. The average Bonchev–Trinajstić information content (AvgIpc) is 3.32. The van der Waals surface area contributed by atoms with Crippen LogP contribution >= 0.6 is 10.8 Å². The molecule has 0 amide bonds. The Balaban J connectivity index is 1.55. The van der Waals surface area contributed by atoms with E-state index in [4.69, 9.17) is 4.74 Å². The van der Waals surface area contributed by atoms with Gasteiger partial charge in [0.25, 0.3) is 0 Å². The summed E-state index contributed by atoms with van der Waals surface area (Å²) in [5, 5.41) is 18.5. The van der Waals surface area contributed by atoms with E-state index in [-0.39, 0.29) is 19.1 Å². The molecule has 40 heavy (non-hydrogen) atoms. The highest BCUT2D eigenvalue weighted by atomic mass is 32.3. The van der Waals surface area contributed by atoms with Crippen LogP contribution in [-0.4, -0.2) is 52.1 Å². The lowest BCUT2D eigenvalue weighted by atomic mass is 9.84. The second kappa shape index (κ2) is 11.2. The number of carboxylic acid groups (broad SMARTS) is 1. The van der Waals surface area contributed by atoms with Gasteiger partial charge in [-0.15, -0.1) is 15.9 Å². The summed E-state index contributed by atoms with van der Waals surface area (Å²) in [6, 6.07) is 17.0. The van der Waals surface area contributed by atoms with E-state index in [0.717, 1.165) is 38.9 Å². The highest BCUT2D eigenvalue weighted by Crippen LogP contribution is 2.57. The van der Waals surface area contributed by atoms with E-state index in [2.05, 4.69) is 10.3 Å². The van der Waals surface area contributed by atoms with Gasteiger partial charge in [0.1, 0.15) is 22.3 Å². The number of hydrogen-bond donors (Lipinski definition) is 3. The number of aliphatic carboxylic acids is 1. The lowest BCUT2D eigenvalue weighted by molar-refractivity contribution is -0.137. The molecule has 0 fully saturated rings. The molecule has 0 aliphatic carbocycles. The molecule has 212 valence electrons. The molecule has 1 aromatic heterocycles. The minimum Gasteiger partial charge on any atom is -0.487 e. The van der Waals surface area contributed by atoms with Crippen molar-refractivity contribution in [3.8, 4) is 5.75 Å². The van der Waals surface area contributed by atoms with Gasteiger partial charge in [0.2, 0.25) is 0 Å². The molecule has 3 aromatic carbocycles. The van der Waals surface area contributed by atoms with Crippen molar-refractivity contribution in [2.24, 2.45) is 0 Å². The van der Waals surface area contributed by atoms with Crippen LogP contribution in [-0.2, 0) is 17.9 Å². The van der Waals surface area contributed by atoms with E-state index in [0.29, 0.717) is 30.2 Å². The van der Waals surface area contributed by atoms with Crippen molar-refractivity contribution in [1.82, 2.24) is 19.3 Å².